The number of nitrogens with zero attached hydrogens (tertiary/aromatic N) is 3. The predicted molar refractivity (Wildman–Crippen MR) is 189 cm³/mol. The van der Waals surface area contributed by atoms with E-state index in [0.29, 0.717) is 45.1 Å². The Labute approximate surface area is 308 Å². The van der Waals surface area contributed by atoms with Crippen molar-refractivity contribution in [3.05, 3.63) is 109 Å². The topological polar surface area (TPSA) is 142 Å². The Balaban J connectivity index is 0.00000188. The fourth-order valence-electron chi connectivity index (χ4n) is 5.34. The smallest absolute Gasteiger partial charge is 0.414 e. The number of aromatic nitrogens is 1. The number of carboxylic acid groups (broad SMARTS) is 1. The number of pyridine rings is 1. The SMILES string of the molecule is COc1ccc([C@H](Cc2c(Cl)c[n+]([O-])cc2Cl)OC(=O)c2ccc(CN(C(=O)OC3CCN(C)CC3)c3ccccc3F)s2)cc1OC.O=CO. The van der Waals surface area contributed by atoms with E-state index in [9.17, 15) is 19.2 Å². The highest BCUT2D eigenvalue weighted by Gasteiger charge is 2.28. The van der Waals surface area contributed by atoms with E-state index < -0.39 is 24.0 Å². The van der Waals surface area contributed by atoms with Gasteiger partial charge in [0.1, 0.15) is 32.9 Å². The number of thiophene rings is 1. The number of benzene rings is 2. The Hall–Kier alpha value is -4.63. The lowest BCUT2D eigenvalue weighted by Gasteiger charge is -2.31. The molecule has 1 fully saturated rings. The molecule has 0 aliphatic carbocycles. The van der Waals surface area contributed by atoms with Crippen LogP contribution in [-0.2, 0) is 27.2 Å². The molecule has 0 saturated carbocycles. The summed E-state index contributed by atoms with van der Waals surface area (Å²) >= 11 is 13.9. The molecule has 3 heterocycles. The second-order valence-corrected chi connectivity index (χ2v) is 13.3. The molecule has 1 aliphatic rings. The van der Waals surface area contributed by atoms with Crippen molar-refractivity contribution in [3.63, 3.8) is 0 Å². The van der Waals surface area contributed by atoms with E-state index in [-0.39, 0.29) is 46.2 Å². The molecule has 5 rings (SSSR count). The minimum Gasteiger partial charge on any atom is -0.619 e. The lowest BCUT2D eigenvalue weighted by atomic mass is 10.0. The molecule has 0 radical (unpaired) electrons. The van der Waals surface area contributed by atoms with Crippen molar-refractivity contribution in [1.29, 1.82) is 0 Å². The second-order valence-electron chi connectivity index (χ2n) is 11.3. The van der Waals surface area contributed by atoms with Crippen LogP contribution in [0.25, 0.3) is 0 Å². The predicted octanol–water partition coefficient (Wildman–Crippen LogP) is 6.92. The molecule has 0 spiro atoms. The van der Waals surface area contributed by atoms with Gasteiger partial charge in [-0.2, -0.15) is 4.73 Å². The van der Waals surface area contributed by atoms with E-state index in [1.54, 1.807) is 42.5 Å². The first-order valence-electron chi connectivity index (χ1n) is 15.5. The van der Waals surface area contributed by atoms with Crippen LogP contribution < -0.4 is 19.1 Å². The Morgan fingerprint density at radius 2 is 1.73 bits per heavy atom. The maximum atomic E-state index is 14.9. The Morgan fingerprint density at radius 3 is 2.35 bits per heavy atom. The number of carbonyl (C=O) groups is 3. The molecule has 12 nitrogen and oxygen atoms in total. The highest BCUT2D eigenvalue weighted by atomic mass is 35.5. The summed E-state index contributed by atoms with van der Waals surface area (Å²) in [6.07, 6.45) is 1.88. The van der Waals surface area contributed by atoms with Crippen LogP contribution in [0.1, 0.15) is 44.6 Å². The van der Waals surface area contributed by atoms with E-state index in [4.69, 9.17) is 52.1 Å². The van der Waals surface area contributed by atoms with Crippen LogP contribution in [0.2, 0.25) is 10.0 Å². The number of ether oxygens (including phenoxy) is 4. The number of hydrogen-bond donors (Lipinski definition) is 1. The summed E-state index contributed by atoms with van der Waals surface area (Å²) in [5.41, 5.74) is 1.04. The normalized spacial score (nSPS) is 13.7. The van der Waals surface area contributed by atoms with Gasteiger partial charge < -0.3 is 34.2 Å². The lowest BCUT2D eigenvalue weighted by Crippen LogP contribution is -2.39. The number of piperidine rings is 1. The largest absolute Gasteiger partial charge is 0.619 e. The summed E-state index contributed by atoms with van der Waals surface area (Å²) in [6, 6.07) is 14.3. The zero-order valence-corrected chi connectivity index (χ0v) is 30.3. The van der Waals surface area contributed by atoms with Crippen LogP contribution in [0.15, 0.2) is 67.0 Å². The number of carbonyl (C=O) groups excluding carboxylic acids is 2. The molecule has 0 bridgehead atoms. The van der Waals surface area contributed by atoms with Gasteiger partial charge in [0.25, 0.3) is 6.47 Å². The quantitative estimate of drug-likeness (QED) is 0.0740. The first-order valence-corrected chi connectivity index (χ1v) is 17.1. The van der Waals surface area contributed by atoms with E-state index in [0.717, 1.165) is 24.4 Å². The van der Waals surface area contributed by atoms with Gasteiger partial charge in [0.2, 0.25) is 0 Å². The Bertz CT molecular complexity index is 1800. The minimum atomic E-state index is -0.903. The summed E-state index contributed by atoms with van der Waals surface area (Å²) in [5, 5.41) is 19.0. The van der Waals surface area contributed by atoms with Gasteiger partial charge in [0.05, 0.1) is 26.5 Å². The van der Waals surface area contributed by atoms with Gasteiger partial charge in [0, 0.05) is 30.0 Å². The highest BCUT2D eigenvalue weighted by molar-refractivity contribution is 7.14. The van der Waals surface area contributed by atoms with Crippen molar-refractivity contribution < 1.29 is 47.6 Å². The molecule has 0 unspecified atom stereocenters. The molecule has 51 heavy (non-hydrogen) atoms. The average molecular weight is 765 g/mol. The monoisotopic (exact) mass is 763 g/mol. The Morgan fingerprint density at radius 1 is 1.08 bits per heavy atom. The van der Waals surface area contributed by atoms with Gasteiger partial charge in [-0.15, -0.1) is 11.3 Å². The first-order chi connectivity index (χ1) is 24.5. The molecule has 4 aromatic rings. The number of para-hydroxylation sites is 1. The van der Waals surface area contributed by atoms with E-state index >= 15 is 0 Å². The fourth-order valence-corrected chi connectivity index (χ4v) is 6.81. The molecule has 2 aromatic carbocycles. The maximum Gasteiger partial charge on any atom is 0.414 e. The average Bonchev–Trinajstić information content (AvgIpc) is 3.58. The number of hydrogen-bond acceptors (Lipinski definition) is 10. The molecule has 1 N–H and O–H groups in total. The number of amides is 1. The third-order valence-corrected chi connectivity index (χ3v) is 9.65. The number of anilines is 1. The zero-order chi connectivity index (χ0) is 37.1. The van der Waals surface area contributed by atoms with Gasteiger partial charge in [-0.25, -0.2) is 14.0 Å². The number of likely N-dealkylation sites (tertiary alicyclic amines) is 1. The first kappa shape index (κ1) is 39.2. The van der Waals surface area contributed by atoms with E-state index in [1.807, 2.05) is 7.05 Å². The van der Waals surface area contributed by atoms with Gasteiger partial charge in [-0.3, -0.25) is 9.69 Å². The van der Waals surface area contributed by atoms with Crippen LogP contribution in [0.5, 0.6) is 11.5 Å². The Kier molecular flexibility index (Phi) is 14.3. The molecular weight excluding hydrogens is 728 g/mol. The summed E-state index contributed by atoms with van der Waals surface area (Å²) in [4.78, 5) is 39.6. The summed E-state index contributed by atoms with van der Waals surface area (Å²) < 4.78 is 38.1. The number of methoxy groups -OCH3 is 2. The zero-order valence-electron chi connectivity index (χ0n) is 27.9. The van der Waals surface area contributed by atoms with Crippen molar-refractivity contribution in [3.8, 4) is 11.5 Å². The summed E-state index contributed by atoms with van der Waals surface area (Å²) in [6.45, 7) is 1.30. The summed E-state index contributed by atoms with van der Waals surface area (Å²) in [7, 11) is 5.00. The van der Waals surface area contributed by atoms with Crippen molar-refractivity contribution in [2.75, 3.05) is 39.3 Å². The van der Waals surface area contributed by atoms with Crippen LogP contribution >= 0.6 is 34.5 Å². The summed E-state index contributed by atoms with van der Waals surface area (Å²) in [5.74, 6) is -0.337. The van der Waals surface area contributed by atoms with Gasteiger partial charge in [0.15, 0.2) is 23.9 Å². The molecular formula is C35H36Cl2FN3O9S. The van der Waals surface area contributed by atoms with Gasteiger partial charge >= 0.3 is 12.1 Å². The lowest BCUT2D eigenvalue weighted by molar-refractivity contribution is -0.605. The third kappa shape index (κ3) is 10.4. The molecule has 16 heteroatoms. The standard InChI is InChI=1S/C34H34Cl2FN3O7S.CH2O2/c1-38-14-12-22(13-15-38)46-34(42)40(28-7-5-4-6-27(28)37)18-23-9-11-32(48-23)33(41)47-30(17-24-25(35)19-39(43)20-26(24)36)21-8-10-29(44-2)31(16-21)45-3;2-1-3/h4-11,16,19-20,22,30H,12-15,17-18H2,1-3H3;1H,(H,2,3)/t30-;/m0./s1. The molecule has 272 valence electrons. The second kappa shape index (κ2) is 18.6. The highest BCUT2D eigenvalue weighted by Crippen LogP contribution is 2.36. The third-order valence-electron chi connectivity index (χ3n) is 7.95. The van der Waals surface area contributed by atoms with Gasteiger partial charge in [-0.05, 0) is 61.9 Å². The minimum absolute atomic E-state index is 0.0339. The van der Waals surface area contributed by atoms with E-state index in [1.165, 1.54) is 43.6 Å². The fraction of sp³-hybridized carbons (Fsp3) is 0.314. The van der Waals surface area contributed by atoms with Crippen LogP contribution in [0, 0.1) is 11.0 Å². The van der Waals surface area contributed by atoms with Crippen LogP contribution in [-0.4, -0.2) is 69.0 Å². The number of halogens is 3. The maximum absolute atomic E-state index is 14.9. The molecule has 1 saturated heterocycles. The van der Waals surface area contributed by atoms with E-state index in [2.05, 4.69) is 4.90 Å². The molecule has 2 aromatic heterocycles. The van der Waals surface area contributed by atoms with Crippen molar-refractivity contribution in [2.24, 2.45) is 0 Å². The van der Waals surface area contributed by atoms with Crippen molar-refractivity contribution in [1.82, 2.24) is 4.90 Å². The van der Waals surface area contributed by atoms with Crippen LogP contribution in [0.4, 0.5) is 14.9 Å². The van der Waals surface area contributed by atoms with Crippen molar-refractivity contribution in [2.45, 2.75) is 38.0 Å². The van der Waals surface area contributed by atoms with Gasteiger partial charge in [-0.1, -0.05) is 41.4 Å². The number of rotatable bonds is 11. The number of esters is 1. The molecule has 1 amide bonds. The van der Waals surface area contributed by atoms with Crippen LogP contribution in [0.3, 0.4) is 0 Å². The molecule has 1 atom stereocenters. The van der Waals surface area contributed by atoms with Crippen molar-refractivity contribution >= 4 is 58.8 Å². The molecule has 1 aliphatic heterocycles.